The van der Waals surface area contributed by atoms with E-state index in [9.17, 15) is 9.59 Å². The third-order valence-electron chi connectivity index (χ3n) is 3.52. The van der Waals surface area contributed by atoms with E-state index in [-0.39, 0.29) is 17.2 Å². The molecule has 0 saturated carbocycles. The molecule has 0 atom stereocenters. The molecule has 0 spiro atoms. The van der Waals surface area contributed by atoms with Crippen LogP contribution in [-0.4, -0.2) is 39.9 Å². The summed E-state index contributed by atoms with van der Waals surface area (Å²) in [5.41, 5.74) is 1.62. The fraction of sp³-hybridized carbons (Fsp3) is 0.200. The lowest BCUT2D eigenvalue weighted by atomic mass is 10.2. The highest BCUT2D eigenvalue weighted by Gasteiger charge is 2.29. The molecule has 122 valence electrons. The largest absolute Gasteiger partial charge is 0.325 e. The van der Waals surface area contributed by atoms with Gasteiger partial charge in [0.2, 0.25) is 5.91 Å². The molecule has 1 amide bonds. The van der Waals surface area contributed by atoms with Crippen LogP contribution in [0, 0.1) is 0 Å². The van der Waals surface area contributed by atoms with Crippen LogP contribution in [0.4, 0.5) is 11.4 Å². The maximum absolute atomic E-state index is 12.1. The number of aliphatic imine (C=N–C) groups is 1. The Labute approximate surface area is 146 Å². The van der Waals surface area contributed by atoms with Gasteiger partial charge in [0.05, 0.1) is 18.0 Å². The maximum atomic E-state index is 12.1. The molecule has 2 aliphatic rings. The summed E-state index contributed by atoms with van der Waals surface area (Å²) < 4.78 is 0. The number of aromatic amines is 1. The summed E-state index contributed by atoms with van der Waals surface area (Å²) in [7, 11) is 0. The highest BCUT2D eigenvalue weighted by molar-refractivity contribution is 8.14. The lowest BCUT2D eigenvalue weighted by Gasteiger charge is -2.13. The minimum atomic E-state index is -0.230. The normalized spacial score (nSPS) is 15.0. The zero-order valence-corrected chi connectivity index (χ0v) is 14.1. The predicted octanol–water partition coefficient (Wildman–Crippen LogP) is 1.78. The lowest BCUT2D eigenvalue weighted by molar-refractivity contribution is -0.113. The number of amides is 1. The topological polar surface area (TPSA) is 90.4 Å². The number of thioether (sulfide) groups is 2. The summed E-state index contributed by atoms with van der Waals surface area (Å²) in [5.74, 6) is 0.0299. The molecule has 2 aromatic rings. The number of carbonyl (C=O) groups is 1. The number of hydrogen-bond donors (Lipinski definition) is 2. The molecule has 2 aliphatic heterocycles. The van der Waals surface area contributed by atoms with Gasteiger partial charge >= 0.3 is 0 Å². The summed E-state index contributed by atoms with van der Waals surface area (Å²) >= 11 is 2.85. The number of amidine groups is 1. The number of rotatable bonds is 4. The molecule has 4 rings (SSSR count). The lowest BCUT2D eigenvalue weighted by Crippen LogP contribution is -2.21. The molecule has 0 fully saturated rings. The number of anilines is 2. The van der Waals surface area contributed by atoms with Crippen molar-refractivity contribution in [2.24, 2.45) is 4.99 Å². The van der Waals surface area contributed by atoms with Crippen LogP contribution in [0.2, 0.25) is 0 Å². The third kappa shape index (κ3) is 3.04. The van der Waals surface area contributed by atoms with Crippen LogP contribution in [-0.2, 0) is 4.79 Å². The van der Waals surface area contributed by atoms with Crippen molar-refractivity contribution in [3.05, 3.63) is 40.8 Å². The predicted molar refractivity (Wildman–Crippen MR) is 96.2 cm³/mol. The number of H-pyrrole nitrogens is 1. The van der Waals surface area contributed by atoms with Crippen molar-refractivity contribution in [3.63, 3.8) is 0 Å². The molecule has 0 bridgehead atoms. The fourth-order valence-electron chi connectivity index (χ4n) is 2.48. The first-order chi connectivity index (χ1) is 11.7. The van der Waals surface area contributed by atoms with Gasteiger partial charge < -0.3 is 15.2 Å². The Hall–Kier alpha value is -2.26. The number of carbonyl (C=O) groups excluding carboxylic acids is 1. The molecule has 1 aromatic carbocycles. The van der Waals surface area contributed by atoms with Gasteiger partial charge in [0, 0.05) is 29.4 Å². The van der Waals surface area contributed by atoms with Crippen molar-refractivity contribution in [2.75, 3.05) is 29.1 Å². The Bertz CT molecular complexity index is 895. The molecule has 9 heteroatoms. The standard InChI is InChI=1S/C15H13N5O2S2/c21-12-3-4-16-14(19-12)23-8-13(22)18-9-1-2-11-10(7-9)20-6-5-17-15(20)24-11/h1-4,7H,5-6,8H2,(H,18,22)(H,16,19,21). The van der Waals surface area contributed by atoms with Crippen molar-refractivity contribution in [1.29, 1.82) is 0 Å². The van der Waals surface area contributed by atoms with Crippen molar-refractivity contribution in [1.82, 2.24) is 9.97 Å². The van der Waals surface area contributed by atoms with E-state index in [0.29, 0.717) is 5.16 Å². The van der Waals surface area contributed by atoms with Crippen molar-refractivity contribution in [3.8, 4) is 0 Å². The van der Waals surface area contributed by atoms with Gasteiger partial charge in [-0.25, -0.2) is 4.98 Å². The summed E-state index contributed by atoms with van der Waals surface area (Å²) in [5, 5.41) is 4.34. The van der Waals surface area contributed by atoms with Crippen LogP contribution in [0.3, 0.4) is 0 Å². The average molecular weight is 359 g/mol. The first kappa shape index (κ1) is 15.3. The van der Waals surface area contributed by atoms with Crippen LogP contribution in [0.15, 0.2) is 50.3 Å². The van der Waals surface area contributed by atoms with Crippen molar-refractivity contribution < 1.29 is 4.79 Å². The van der Waals surface area contributed by atoms with Crippen molar-refractivity contribution in [2.45, 2.75) is 10.1 Å². The van der Waals surface area contributed by atoms with E-state index in [1.807, 2.05) is 18.2 Å². The number of fused-ring (bicyclic) bond motifs is 3. The van der Waals surface area contributed by atoms with E-state index < -0.39 is 0 Å². The molecule has 3 heterocycles. The zero-order chi connectivity index (χ0) is 16.5. The van der Waals surface area contributed by atoms with Gasteiger partial charge in [0.1, 0.15) is 0 Å². The first-order valence-electron chi connectivity index (χ1n) is 7.31. The number of nitrogens with zero attached hydrogens (tertiary/aromatic N) is 3. The van der Waals surface area contributed by atoms with Gasteiger partial charge in [-0.3, -0.25) is 14.6 Å². The fourth-order valence-corrected chi connectivity index (χ4v) is 4.19. The summed E-state index contributed by atoms with van der Waals surface area (Å²) in [6, 6.07) is 7.20. The van der Waals surface area contributed by atoms with Crippen LogP contribution in [0.1, 0.15) is 0 Å². The Morgan fingerprint density at radius 1 is 1.42 bits per heavy atom. The molecule has 2 N–H and O–H groups in total. The maximum Gasteiger partial charge on any atom is 0.251 e. The third-order valence-corrected chi connectivity index (χ3v) is 5.51. The first-order valence-corrected chi connectivity index (χ1v) is 9.11. The molecule has 0 saturated heterocycles. The van der Waals surface area contributed by atoms with E-state index in [0.717, 1.165) is 34.5 Å². The Morgan fingerprint density at radius 3 is 3.21 bits per heavy atom. The quantitative estimate of drug-likeness (QED) is 0.639. The Morgan fingerprint density at radius 2 is 2.33 bits per heavy atom. The van der Waals surface area contributed by atoms with Gasteiger partial charge in [-0.05, 0) is 30.0 Å². The van der Waals surface area contributed by atoms with Gasteiger partial charge in [-0.15, -0.1) is 0 Å². The van der Waals surface area contributed by atoms with E-state index in [4.69, 9.17) is 0 Å². The van der Waals surface area contributed by atoms with Crippen molar-refractivity contribution >= 4 is 46.0 Å². The Balaban J connectivity index is 1.41. The Kier molecular flexibility index (Phi) is 4.03. The SMILES string of the molecule is O=C(CSc1nccc(=O)[nH]1)Nc1ccc2c(c1)N1CCN=C1S2. The van der Waals surface area contributed by atoms with E-state index in [1.54, 1.807) is 11.8 Å². The monoisotopic (exact) mass is 359 g/mol. The molecule has 0 aliphatic carbocycles. The molecule has 0 radical (unpaired) electrons. The second-order valence-electron chi connectivity index (χ2n) is 5.18. The highest BCUT2D eigenvalue weighted by atomic mass is 32.2. The van der Waals surface area contributed by atoms with E-state index >= 15 is 0 Å². The van der Waals surface area contributed by atoms with Crippen LogP contribution >= 0.6 is 23.5 Å². The summed E-state index contributed by atoms with van der Waals surface area (Å²) in [4.78, 5) is 37.7. The molecular weight excluding hydrogens is 346 g/mol. The smallest absolute Gasteiger partial charge is 0.251 e. The van der Waals surface area contributed by atoms with E-state index in [2.05, 4.69) is 25.2 Å². The molecule has 24 heavy (non-hydrogen) atoms. The minimum Gasteiger partial charge on any atom is -0.325 e. The zero-order valence-electron chi connectivity index (χ0n) is 12.5. The van der Waals surface area contributed by atoms with Gasteiger partial charge in [-0.1, -0.05) is 11.8 Å². The van der Waals surface area contributed by atoms with Crippen LogP contribution < -0.4 is 15.8 Å². The van der Waals surface area contributed by atoms with Gasteiger partial charge in [0.25, 0.3) is 5.56 Å². The highest BCUT2D eigenvalue weighted by Crippen LogP contribution is 2.43. The summed E-state index contributed by atoms with van der Waals surface area (Å²) in [6.45, 7) is 1.70. The van der Waals surface area contributed by atoms with Gasteiger partial charge in [-0.2, -0.15) is 0 Å². The molecule has 7 nitrogen and oxygen atoms in total. The number of aromatic nitrogens is 2. The molecular formula is C15H13N5O2S2. The number of benzene rings is 1. The second-order valence-corrected chi connectivity index (χ2v) is 7.15. The van der Waals surface area contributed by atoms with E-state index in [1.165, 1.54) is 24.0 Å². The van der Waals surface area contributed by atoms with Gasteiger partial charge in [0.15, 0.2) is 10.3 Å². The van der Waals surface area contributed by atoms with Crippen LogP contribution in [0.25, 0.3) is 0 Å². The number of hydrogen-bond acceptors (Lipinski definition) is 7. The number of nitrogens with one attached hydrogen (secondary N) is 2. The minimum absolute atomic E-state index is 0.146. The average Bonchev–Trinajstić information content (AvgIpc) is 3.14. The summed E-state index contributed by atoms with van der Waals surface area (Å²) in [6.07, 6.45) is 1.42. The second kappa shape index (κ2) is 6.33. The molecule has 0 unspecified atom stereocenters. The molecule has 1 aromatic heterocycles. The van der Waals surface area contributed by atoms with Crippen LogP contribution in [0.5, 0.6) is 0 Å².